The number of halogens is 1. The molecule has 0 aromatic heterocycles. The number of rotatable bonds is 4. The Balaban J connectivity index is 1.75. The lowest BCUT2D eigenvalue weighted by molar-refractivity contribution is 0.577. The molecule has 3 rings (SSSR count). The first kappa shape index (κ1) is 14.4. The number of nitrogens with one attached hydrogen (secondary N) is 1. The average molecular weight is 323 g/mol. The molecule has 0 spiro atoms. The lowest BCUT2D eigenvalue weighted by Crippen LogP contribution is -2.39. The highest BCUT2D eigenvalue weighted by molar-refractivity contribution is 7.90. The second-order valence-corrected chi connectivity index (χ2v) is 7.02. The van der Waals surface area contributed by atoms with Gasteiger partial charge in [0.1, 0.15) is 0 Å². The van der Waals surface area contributed by atoms with Gasteiger partial charge >= 0.3 is 10.2 Å². The smallest absolute Gasteiger partial charge is 0.257 e. The molecule has 0 bridgehead atoms. The zero-order valence-electron chi connectivity index (χ0n) is 11.3. The Kier molecular flexibility index (Phi) is 3.89. The normalized spacial score (nSPS) is 14.2. The van der Waals surface area contributed by atoms with Crippen LogP contribution in [0.2, 0.25) is 5.02 Å². The third-order valence-corrected chi connectivity index (χ3v) is 5.23. The maximum Gasteiger partial charge on any atom is 0.301 e. The fraction of sp³-hybridized carbons (Fsp3) is 0.200. The van der Waals surface area contributed by atoms with E-state index < -0.39 is 10.2 Å². The van der Waals surface area contributed by atoms with Crippen molar-refractivity contribution in [1.82, 2.24) is 4.72 Å². The van der Waals surface area contributed by atoms with Gasteiger partial charge in [-0.1, -0.05) is 41.9 Å². The molecule has 0 fully saturated rings. The van der Waals surface area contributed by atoms with Crippen LogP contribution in [0.5, 0.6) is 0 Å². The molecule has 0 aliphatic carbocycles. The summed E-state index contributed by atoms with van der Waals surface area (Å²) in [6, 6.07) is 14.7. The number of hydrogen-bond donors (Lipinski definition) is 1. The highest BCUT2D eigenvalue weighted by Gasteiger charge is 2.28. The van der Waals surface area contributed by atoms with Gasteiger partial charge in [-0.2, -0.15) is 13.1 Å². The standard InChI is InChI=1S/C15H15ClN2O2S/c16-14-7-5-12(6-8-14)11-17-21(19,20)18-10-9-13-3-1-2-4-15(13)18/h1-8,17H,9-11H2. The molecule has 0 unspecified atom stereocenters. The first-order valence-electron chi connectivity index (χ1n) is 6.66. The van der Waals surface area contributed by atoms with Crippen molar-refractivity contribution in [2.45, 2.75) is 13.0 Å². The van der Waals surface area contributed by atoms with Crippen LogP contribution in [0.1, 0.15) is 11.1 Å². The molecule has 2 aromatic carbocycles. The Bertz CT molecular complexity index is 745. The van der Waals surface area contributed by atoms with Crippen molar-refractivity contribution in [3.63, 3.8) is 0 Å². The van der Waals surface area contributed by atoms with Crippen LogP contribution in [-0.4, -0.2) is 15.0 Å². The monoisotopic (exact) mass is 322 g/mol. The second kappa shape index (κ2) is 5.67. The summed E-state index contributed by atoms with van der Waals surface area (Å²) in [4.78, 5) is 0. The van der Waals surface area contributed by atoms with Crippen LogP contribution in [0.25, 0.3) is 0 Å². The molecular weight excluding hydrogens is 308 g/mol. The van der Waals surface area contributed by atoms with E-state index >= 15 is 0 Å². The van der Waals surface area contributed by atoms with E-state index in [2.05, 4.69) is 4.72 Å². The van der Waals surface area contributed by atoms with Gasteiger partial charge in [-0.15, -0.1) is 0 Å². The molecule has 21 heavy (non-hydrogen) atoms. The van der Waals surface area contributed by atoms with Crippen LogP contribution in [0.15, 0.2) is 48.5 Å². The summed E-state index contributed by atoms with van der Waals surface area (Å²) in [6.07, 6.45) is 0.748. The average Bonchev–Trinajstić information content (AvgIpc) is 2.91. The molecule has 0 saturated heterocycles. The van der Waals surface area contributed by atoms with Crippen molar-refractivity contribution >= 4 is 27.5 Å². The topological polar surface area (TPSA) is 49.4 Å². The van der Waals surface area contributed by atoms with Crippen LogP contribution in [-0.2, 0) is 23.2 Å². The van der Waals surface area contributed by atoms with Crippen LogP contribution in [0, 0.1) is 0 Å². The first-order chi connectivity index (χ1) is 10.1. The molecule has 110 valence electrons. The Morgan fingerprint density at radius 2 is 1.81 bits per heavy atom. The minimum atomic E-state index is -3.53. The molecule has 0 radical (unpaired) electrons. The van der Waals surface area contributed by atoms with E-state index in [1.165, 1.54) is 4.31 Å². The lowest BCUT2D eigenvalue weighted by atomic mass is 10.2. The number of nitrogens with zero attached hydrogens (tertiary/aromatic N) is 1. The largest absolute Gasteiger partial charge is 0.301 e. The van der Waals surface area contributed by atoms with Crippen molar-refractivity contribution in [1.29, 1.82) is 0 Å². The van der Waals surface area contributed by atoms with Crippen LogP contribution in [0.3, 0.4) is 0 Å². The molecule has 6 heteroatoms. The van der Waals surface area contributed by atoms with Crippen molar-refractivity contribution in [2.24, 2.45) is 0 Å². The maximum absolute atomic E-state index is 12.4. The molecule has 1 aliphatic rings. The maximum atomic E-state index is 12.4. The minimum absolute atomic E-state index is 0.248. The van der Waals surface area contributed by atoms with Crippen molar-refractivity contribution in [2.75, 3.05) is 10.8 Å². The van der Waals surface area contributed by atoms with E-state index in [4.69, 9.17) is 11.6 Å². The summed E-state index contributed by atoms with van der Waals surface area (Å²) < 4.78 is 28.9. The van der Waals surface area contributed by atoms with E-state index in [0.717, 1.165) is 23.2 Å². The Labute approximate surface area is 129 Å². The first-order valence-corrected chi connectivity index (χ1v) is 8.48. The number of hydrogen-bond acceptors (Lipinski definition) is 2. The van der Waals surface area contributed by atoms with Crippen LogP contribution in [0.4, 0.5) is 5.69 Å². The number of benzene rings is 2. The van der Waals surface area contributed by atoms with Gasteiger partial charge < -0.3 is 0 Å². The summed E-state index contributed by atoms with van der Waals surface area (Å²) in [5.74, 6) is 0. The van der Waals surface area contributed by atoms with Crippen molar-refractivity contribution < 1.29 is 8.42 Å². The molecule has 0 atom stereocenters. The molecule has 1 aliphatic heterocycles. The van der Waals surface area contributed by atoms with E-state index in [1.54, 1.807) is 12.1 Å². The van der Waals surface area contributed by atoms with Gasteiger partial charge in [0.25, 0.3) is 0 Å². The highest BCUT2D eigenvalue weighted by Crippen LogP contribution is 2.29. The van der Waals surface area contributed by atoms with Gasteiger partial charge in [-0.3, -0.25) is 4.31 Å². The SMILES string of the molecule is O=S(=O)(NCc1ccc(Cl)cc1)N1CCc2ccccc21. The second-order valence-electron chi connectivity index (χ2n) is 4.90. The summed E-state index contributed by atoms with van der Waals surface area (Å²) in [7, 11) is -3.53. The van der Waals surface area contributed by atoms with Gasteiger partial charge in [-0.05, 0) is 35.7 Å². The summed E-state index contributed by atoms with van der Waals surface area (Å²) in [5, 5.41) is 0.634. The Morgan fingerprint density at radius 1 is 1.10 bits per heavy atom. The predicted molar refractivity (Wildman–Crippen MR) is 84.7 cm³/mol. The Hall–Kier alpha value is -1.56. The van der Waals surface area contributed by atoms with Gasteiger partial charge in [0.15, 0.2) is 0 Å². The quantitative estimate of drug-likeness (QED) is 0.941. The predicted octanol–water partition coefficient (Wildman–Crippen LogP) is 2.74. The Morgan fingerprint density at radius 3 is 2.57 bits per heavy atom. The molecule has 0 amide bonds. The zero-order valence-corrected chi connectivity index (χ0v) is 12.9. The molecule has 1 N–H and O–H groups in total. The fourth-order valence-electron chi connectivity index (χ4n) is 2.41. The highest BCUT2D eigenvalue weighted by atomic mass is 35.5. The third-order valence-electron chi connectivity index (χ3n) is 3.51. The van der Waals surface area contributed by atoms with Crippen molar-refractivity contribution in [3.8, 4) is 0 Å². The van der Waals surface area contributed by atoms with Gasteiger partial charge in [0.2, 0.25) is 0 Å². The minimum Gasteiger partial charge on any atom is -0.257 e. The molecule has 0 saturated carbocycles. The van der Waals surface area contributed by atoms with Crippen molar-refractivity contribution in [3.05, 3.63) is 64.7 Å². The van der Waals surface area contributed by atoms with Crippen LogP contribution >= 0.6 is 11.6 Å². The lowest BCUT2D eigenvalue weighted by Gasteiger charge is -2.19. The molecule has 2 aromatic rings. The van der Waals surface area contributed by atoms with E-state index in [-0.39, 0.29) is 6.54 Å². The third kappa shape index (κ3) is 3.05. The van der Waals surface area contributed by atoms with Gasteiger partial charge in [0.05, 0.1) is 5.69 Å². The number of para-hydroxylation sites is 1. The molecular formula is C15H15ClN2O2S. The summed E-state index contributed by atoms with van der Waals surface area (Å²) in [5.41, 5.74) is 2.70. The number of fused-ring (bicyclic) bond motifs is 1. The van der Waals surface area contributed by atoms with Crippen LogP contribution < -0.4 is 9.03 Å². The summed E-state index contributed by atoms with van der Waals surface area (Å²) in [6.45, 7) is 0.730. The van der Waals surface area contributed by atoms with Gasteiger partial charge in [0, 0.05) is 18.1 Å². The fourth-order valence-corrected chi connectivity index (χ4v) is 3.81. The number of anilines is 1. The molecule has 1 heterocycles. The van der Waals surface area contributed by atoms with Gasteiger partial charge in [-0.25, -0.2) is 0 Å². The zero-order chi connectivity index (χ0) is 14.9. The van der Waals surface area contributed by atoms with E-state index in [0.29, 0.717) is 11.6 Å². The summed E-state index contributed by atoms with van der Waals surface area (Å²) >= 11 is 5.81. The van der Waals surface area contributed by atoms with E-state index in [9.17, 15) is 8.42 Å². The van der Waals surface area contributed by atoms with E-state index in [1.807, 2.05) is 36.4 Å². The molecule has 4 nitrogen and oxygen atoms in total.